The van der Waals surface area contributed by atoms with E-state index in [1.807, 2.05) is 0 Å². The number of hydrogen-bond donors (Lipinski definition) is 3. The van der Waals surface area contributed by atoms with Crippen molar-refractivity contribution >= 4 is 12.0 Å². The standard InChI is InChI=1S/C13H24N2O4/c1-13(2,3)10(11(17)18)14-12(19)15(4)7-8-5-9(16)6-8/h8-10,16H,5-7H2,1-4H3,(H,14,19)(H,17,18). The van der Waals surface area contributed by atoms with Gasteiger partial charge in [0.1, 0.15) is 6.04 Å². The Hall–Kier alpha value is -1.30. The first-order valence-corrected chi connectivity index (χ1v) is 6.53. The van der Waals surface area contributed by atoms with Crippen LogP contribution in [0.5, 0.6) is 0 Å². The molecule has 1 saturated carbocycles. The maximum atomic E-state index is 12.0. The molecule has 0 aromatic rings. The van der Waals surface area contributed by atoms with Crippen LogP contribution in [0.15, 0.2) is 0 Å². The molecule has 0 bridgehead atoms. The minimum atomic E-state index is -1.03. The number of carboxylic acid groups (broad SMARTS) is 1. The molecule has 3 N–H and O–H groups in total. The number of nitrogens with one attached hydrogen (secondary N) is 1. The Balaban J connectivity index is 2.50. The van der Waals surface area contributed by atoms with Gasteiger partial charge >= 0.3 is 12.0 Å². The van der Waals surface area contributed by atoms with Crippen molar-refractivity contribution in [1.82, 2.24) is 10.2 Å². The van der Waals surface area contributed by atoms with Gasteiger partial charge in [-0.05, 0) is 24.2 Å². The number of aliphatic carboxylic acids is 1. The lowest BCUT2D eigenvalue weighted by Gasteiger charge is -2.35. The molecule has 0 aliphatic heterocycles. The molecule has 19 heavy (non-hydrogen) atoms. The highest BCUT2D eigenvalue weighted by molar-refractivity contribution is 5.83. The van der Waals surface area contributed by atoms with Crippen LogP contribution in [0.25, 0.3) is 0 Å². The third-order valence-corrected chi connectivity index (χ3v) is 3.47. The van der Waals surface area contributed by atoms with Gasteiger partial charge in [0.15, 0.2) is 0 Å². The van der Waals surface area contributed by atoms with Gasteiger partial charge in [-0.15, -0.1) is 0 Å². The largest absolute Gasteiger partial charge is 0.480 e. The monoisotopic (exact) mass is 272 g/mol. The van der Waals surface area contributed by atoms with Gasteiger partial charge in [-0.1, -0.05) is 20.8 Å². The summed E-state index contributed by atoms with van der Waals surface area (Å²) in [5, 5.41) is 20.9. The van der Waals surface area contributed by atoms with Crippen LogP contribution in [-0.2, 0) is 4.79 Å². The number of amides is 2. The quantitative estimate of drug-likeness (QED) is 0.709. The average molecular weight is 272 g/mol. The molecule has 1 atom stereocenters. The molecule has 0 heterocycles. The highest BCUT2D eigenvalue weighted by Crippen LogP contribution is 2.27. The molecule has 0 spiro atoms. The van der Waals surface area contributed by atoms with Crippen molar-refractivity contribution in [3.05, 3.63) is 0 Å². The number of carbonyl (C=O) groups is 2. The van der Waals surface area contributed by atoms with Crippen LogP contribution in [0.4, 0.5) is 4.79 Å². The van der Waals surface area contributed by atoms with E-state index >= 15 is 0 Å². The van der Waals surface area contributed by atoms with E-state index in [4.69, 9.17) is 5.11 Å². The first kappa shape index (κ1) is 15.8. The Labute approximate surface area is 113 Å². The molecule has 1 unspecified atom stereocenters. The maximum Gasteiger partial charge on any atom is 0.326 e. The average Bonchev–Trinajstić information content (AvgIpc) is 2.20. The molecule has 0 aromatic heterocycles. The van der Waals surface area contributed by atoms with Gasteiger partial charge in [-0.25, -0.2) is 9.59 Å². The highest BCUT2D eigenvalue weighted by atomic mass is 16.4. The van der Waals surface area contributed by atoms with E-state index in [1.165, 1.54) is 4.90 Å². The van der Waals surface area contributed by atoms with E-state index < -0.39 is 17.4 Å². The zero-order chi connectivity index (χ0) is 14.8. The first-order chi connectivity index (χ1) is 8.61. The smallest absolute Gasteiger partial charge is 0.326 e. The second-order valence-electron chi connectivity index (χ2n) is 6.46. The molecule has 1 aliphatic rings. The minimum absolute atomic E-state index is 0.247. The summed E-state index contributed by atoms with van der Waals surface area (Å²) in [5.41, 5.74) is -0.547. The van der Waals surface area contributed by atoms with Crippen molar-refractivity contribution in [3.8, 4) is 0 Å². The normalized spacial score (nSPS) is 24.3. The van der Waals surface area contributed by atoms with Gasteiger partial charge in [0.05, 0.1) is 6.10 Å². The van der Waals surface area contributed by atoms with E-state index in [-0.39, 0.29) is 12.1 Å². The number of rotatable bonds is 4. The predicted molar refractivity (Wildman–Crippen MR) is 70.8 cm³/mol. The molecule has 110 valence electrons. The van der Waals surface area contributed by atoms with Crippen LogP contribution >= 0.6 is 0 Å². The molecule has 0 radical (unpaired) electrons. The van der Waals surface area contributed by atoms with Gasteiger partial charge < -0.3 is 20.4 Å². The zero-order valence-electron chi connectivity index (χ0n) is 12.0. The van der Waals surface area contributed by atoms with Crippen LogP contribution in [0.1, 0.15) is 33.6 Å². The molecule has 0 saturated heterocycles. The first-order valence-electron chi connectivity index (χ1n) is 6.53. The highest BCUT2D eigenvalue weighted by Gasteiger charge is 2.34. The fourth-order valence-electron chi connectivity index (χ4n) is 2.20. The third-order valence-electron chi connectivity index (χ3n) is 3.47. The summed E-state index contributed by atoms with van der Waals surface area (Å²) in [6.45, 7) is 5.86. The summed E-state index contributed by atoms with van der Waals surface area (Å²) in [5.74, 6) is -0.725. The number of urea groups is 1. The molecule has 1 fully saturated rings. The van der Waals surface area contributed by atoms with Crippen molar-refractivity contribution in [3.63, 3.8) is 0 Å². The van der Waals surface area contributed by atoms with E-state index in [9.17, 15) is 14.7 Å². The Kier molecular flexibility index (Phi) is 4.79. The summed E-state index contributed by atoms with van der Waals surface area (Å²) in [6.07, 6.45) is 1.17. The van der Waals surface area contributed by atoms with Crippen molar-refractivity contribution in [2.45, 2.75) is 45.8 Å². The number of aliphatic hydroxyl groups is 1. The van der Waals surface area contributed by atoms with E-state index in [1.54, 1.807) is 27.8 Å². The summed E-state index contributed by atoms with van der Waals surface area (Å²) >= 11 is 0. The fraction of sp³-hybridized carbons (Fsp3) is 0.846. The summed E-state index contributed by atoms with van der Waals surface area (Å²) in [4.78, 5) is 24.6. The molecule has 2 amide bonds. The maximum absolute atomic E-state index is 12.0. The lowest BCUT2D eigenvalue weighted by atomic mass is 9.82. The van der Waals surface area contributed by atoms with E-state index in [0.29, 0.717) is 25.3 Å². The minimum Gasteiger partial charge on any atom is -0.480 e. The second kappa shape index (κ2) is 5.77. The number of hydrogen-bond acceptors (Lipinski definition) is 3. The van der Waals surface area contributed by atoms with Crippen LogP contribution in [0.3, 0.4) is 0 Å². The number of carboxylic acids is 1. The molecule has 1 aliphatic carbocycles. The SMILES string of the molecule is CN(CC1CC(O)C1)C(=O)NC(C(=O)O)C(C)(C)C. The number of aliphatic hydroxyl groups excluding tert-OH is 1. The van der Waals surface area contributed by atoms with Crippen LogP contribution < -0.4 is 5.32 Å². The fourth-order valence-corrected chi connectivity index (χ4v) is 2.20. The van der Waals surface area contributed by atoms with Gasteiger partial charge in [-0.2, -0.15) is 0 Å². The van der Waals surface area contributed by atoms with Gasteiger partial charge in [0, 0.05) is 13.6 Å². The van der Waals surface area contributed by atoms with Crippen molar-refractivity contribution < 1.29 is 19.8 Å². The van der Waals surface area contributed by atoms with Crippen LogP contribution in [-0.4, -0.2) is 52.9 Å². The van der Waals surface area contributed by atoms with Crippen molar-refractivity contribution in [2.24, 2.45) is 11.3 Å². The van der Waals surface area contributed by atoms with Gasteiger partial charge in [-0.3, -0.25) is 0 Å². The second-order valence-corrected chi connectivity index (χ2v) is 6.46. The van der Waals surface area contributed by atoms with Crippen LogP contribution in [0.2, 0.25) is 0 Å². The molecular weight excluding hydrogens is 248 g/mol. The summed E-state index contributed by atoms with van der Waals surface area (Å²) < 4.78 is 0. The number of carbonyl (C=O) groups excluding carboxylic acids is 1. The van der Waals surface area contributed by atoms with Gasteiger partial charge in [0.2, 0.25) is 0 Å². The summed E-state index contributed by atoms with van der Waals surface area (Å²) in [6, 6.07) is -1.31. The lowest BCUT2D eigenvalue weighted by Crippen LogP contribution is -2.53. The van der Waals surface area contributed by atoms with E-state index in [2.05, 4.69) is 5.32 Å². The molecular formula is C13H24N2O4. The Morgan fingerprint density at radius 1 is 1.37 bits per heavy atom. The Morgan fingerprint density at radius 2 is 1.89 bits per heavy atom. The molecule has 6 nitrogen and oxygen atoms in total. The zero-order valence-corrected chi connectivity index (χ0v) is 12.0. The van der Waals surface area contributed by atoms with Crippen LogP contribution in [0, 0.1) is 11.3 Å². The Morgan fingerprint density at radius 3 is 2.26 bits per heavy atom. The topological polar surface area (TPSA) is 89.9 Å². The molecule has 0 aromatic carbocycles. The van der Waals surface area contributed by atoms with Gasteiger partial charge in [0.25, 0.3) is 0 Å². The molecule has 6 heteroatoms. The molecule has 1 rings (SSSR count). The Bertz CT molecular complexity index is 345. The lowest BCUT2D eigenvalue weighted by molar-refractivity contribution is -0.142. The van der Waals surface area contributed by atoms with Crippen molar-refractivity contribution in [1.29, 1.82) is 0 Å². The predicted octanol–water partition coefficient (Wildman–Crippen LogP) is 0.898. The third kappa shape index (κ3) is 4.38. The summed E-state index contributed by atoms with van der Waals surface area (Å²) in [7, 11) is 1.64. The van der Waals surface area contributed by atoms with Crippen molar-refractivity contribution in [2.75, 3.05) is 13.6 Å². The number of nitrogens with zero attached hydrogens (tertiary/aromatic N) is 1. The van der Waals surface area contributed by atoms with E-state index in [0.717, 1.165) is 0 Å².